The Morgan fingerprint density at radius 1 is 1.29 bits per heavy atom. The molecule has 116 valence electrons. The van der Waals surface area contributed by atoms with E-state index in [1.54, 1.807) is 6.92 Å². The van der Waals surface area contributed by atoms with Crippen LogP contribution in [0.2, 0.25) is 0 Å². The third-order valence-electron chi connectivity index (χ3n) is 2.67. The Labute approximate surface area is 123 Å². The molecule has 0 aliphatic rings. The van der Waals surface area contributed by atoms with Crippen LogP contribution in [-0.4, -0.2) is 39.2 Å². The van der Waals surface area contributed by atoms with Gasteiger partial charge in [0.15, 0.2) is 9.84 Å². The number of methoxy groups -OCH3 is 1. The quantitative estimate of drug-likeness (QED) is 0.569. The number of ether oxygens (including phenoxy) is 1. The van der Waals surface area contributed by atoms with E-state index in [4.69, 9.17) is 5.73 Å². The largest absolute Gasteiger partial charge is 0.469 e. The van der Waals surface area contributed by atoms with Crippen LogP contribution in [0.4, 0.5) is 5.69 Å². The normalized spacial score (nSPS) is 12.5. The summed E-state index contributed by atoms with van der Waals surface area (Å²) >= 11 is 0. The predicted octanol–water partition coefficient (Wildman–Crippen LogP) is 0.110. The molecule has 1 unspecified atom stereocenters. The summed E-state index contributed by atoms with van der Waals surface area (Å²) in [4.78, 5) is 22.8. The number of benzene rings is 1. The van der Waals surface area contributed by atoms with Gasteiger partial charge in [0, 0.05) is 11.7 Å². The van der Waals surface area contributed by atoms with Crippen molar-refractivity contribution in [1.82, 2.24) is 5.32 Å². The van der Waals surface area contributed by atoms with Crippen molar-refractivity contribution in [3.63, 3.8) is 0 Å². The fourth-order valence-corrected chi connectivity index (χ4v) is 2.78. The molecule has 8 heteroatoms. The lowest BCUT2D eigenvalue weighted by Gasteiger charge is -2.12. The van der Waals surface area contributed by atoms with E-state index in [1.807, 2.05) is 0 Å². The van der Waals surface area contributed by atoms with E-state index in [0.717, 1.165) is 0 Å². The van der Waals surface area contributed by atoms with Crippen molar-refractivity contribution < 1.29 is 22.7 Å². The lowest BCUT2D eigenvalue weighted by atomic mass is 10.2. The summed E-state index contributed by atoms with van der Waals surface area (Å²) in [7, 11) is -2.50. The molecular formula is C13H18N2O5S. The number of hydrogen-bond donors (Lipinski definition) is 2. The molecule has 0 aromatic heterocycles. The Hall–Kier alpha value is -2.09. The molecule has 21 heavy (non-hydrogen) atoms. The average Bonchev–Trinajstić information content (AvgIpc) is 2.37. The van der Waals surface area contributed by atoms with Gasteiger partial charge in [0.2, 0.25) is 5.91 Å². The zero-order valence-electron chi connectivity index (χ0n) is 11.8. The number of esters is 1. The molecule has 0 aliphatic heterocycles. The molecule has 0 spiro atoms. The Morgan fingerprint density at radius 3 is 2.38 bits per heavy atom. The van der Waals surface area contributed by atoms with Crippen molar-refractivity contribution in [3.8, 4) is 0 Å². The molecule has 1 amide bonds. The topological polar surface area (TPSA) is 116 Å². The van der Waals surface area contributed by atoms with Crippen molar-refractivity contribution in [2.45, 2.75) is 24.3 Å². The van der Waals surface area contributed by atoms with Gasteiger partial charge in [-0.3, -0.25) is 9.59 Å². The molecule has 1 aromatic rings. The second-order valence-electron chi connectivity index (χ2n) is 4.58. The standard InChI is InChI=1S/C13H18N2O5S/c1-9(7-13(17)20-2)15-12(16)8-21(18,19)11-5-3-10(14)4-6-11/h3-6,9H,7-8,14H2,1-2H3,(H,15,16). The number of carbonyl (C=O) groups excluding carboxylic acids is 2. The maximum atomic E-state index is 12.0. The number of amides is 1. The molecule has 1 aromatic carbocycles. The minimum atomic E-state index is -3.74. The van der Waals surface area contributed by atoms with Crippen LogP contribution < -0.4 is 11.1 Å². The Bertz CT molecular complexity index is 610. The van der Waals surface area contributed by atoms with Crippen LogP contribution in [0.15, 0.2) is 29.2 Å². The molecule has 1 rings (SSSR count). The van der Waals surface area contributed by atoms with Gasteiger partial charge in [-0.25, -0.2) is 8.42 Å². The monoisotopic (exact) mass is 314 g/mol. The highest BCUT2D eigenvalue weighted by Gasteiger charge is 2.21. The van der Waals surface area contributed by atoms with Crippen molar-refractivity contribution in [2.75, 3.05) is 18.6 Å². The van der Waals surface area contributed by atoms with Crippen molar-refractivity contribution >= 4 is 27.4 Å². The number of nitrogen functional groups attached to an aromatic ring is 1. The van der Waals surface area contributed by atoms with E-state index in [0.29, 0.717) is 5.69 Å². The third kappa shape index (κ3) is 5.42. The van der Waals surface area contributed by atoms with Crippen LogP contribution in [0.3, 0.4) is 0 Å². The first kappa shape index (κ1) is 17.0. The smallest absolute Gasteiger partial charge is 0.307 e. The average molecular weight is 314 g/mol. The molecule has 0 saturated heterocycles. The molecule has 0 saturated carbocycles. The molecule has 3 N–H and O–H groups in total. The summed E-state index contributed by atoms with van der Waals surface area (Å²) in [5, 5.41) is 2.44. The van der Waals surface area contributed by atoms with E-state index >= 15 is 0 Å². The zero-order valence-corrected chi connectivity index (χ0v) is 12.6. The van der Waals surface area contributed by atoms with E-state index in [2.05, 4.69) is 10.1 Å². The molecule has 1 atom stereocenters. The SMILES string of the molecule is COC(=O)CC(C)NC(=O)CS(=O)(=O)c1ccc(N)cc1. The van der Waals surface area contributed by atoms with Gasteiger partial charge in [-0.2, -0.15) is 0 Å². The second kappa shape index (κ2) is 7.07. The molecule has 0 fully saturated rings. The summed E-state index contributed by atoms with van der Waals surface area (Å²) < 4.78 is 28.5. The second-order valence-corrected chi connectivity index (χ2v) is 6.57. The lowest BCUT2D eigenvalue weighted by molar-refractivity contribution is -0.141. The highest BCUT2D eigenvalue weighted by atomic mass is 32.2. The zero-order chi connectivity index (χ0) is 16.0. The van der Waals surface area contributed by atoms with Crippen LogP contribution in [0.25, 0.3) is 0 Å². The molecule has 7 nitrogen and oxygen atoms in total. The van der Waals surface area contributed by atoms with Gasteiger partial charge in [0.25, 0.3) is 0 Å². The maximum Gasteiger partial charge on any atom is 0.307 e. The number of nitrogens with one attached hydrogen (secondary N) is 1. The Balaban J connectivity index is 2.65. The molecule has 0 radical (unpaired) electrons. The van der Waals surface area contributed by atoms with Crippen molar-refractivity contribution in [1.29, 1.82) is 0 Å². The van der Waals surface area contributed by atoms with Crippen molar-refractivity contribution in [2.24, 2.45) is 0 Å². The first-order valence-corrected chi connectivity index (χ1v) is 7.84. The van der Waals surface area contributed by atoms with Crippen LogP contribution >= 0.6 is 0 Å². The minimum absolute atomic E-state index is 0.0208. The number of hydrogen-bond acceptors (Lipinski definition) is 6. The van der Waals surface area contributed by atoms with Crippen LogP contribution in [0, 0.1) is 0 Å². The summed E-state index contributed by atoms with van der Waals surface area (Å²) in [6, 6.07) is 5.08. The summed E-state index contributed by atoms with van der Waals surface area (Å²) in [5.74, 6) is -1.85. The Kier molecular flexibility index (Phi) is 5.71. The number of rotatable bonds is 6. The van der Waals surface area contributed by atoms with Crippen molar-refractivity contribution in [3.05, 3.63) is 24.3 Å². The first-order valence-electron chi connectivity index (χ1n) is 6.19. The summed E-state index contributed by atoms with van der Waals surface area (Å²) in [6.07, 6.45) is -0.0237. The number of carbonyl (C=O) groups is 2. The van der Waals surface area contributed by atoms with Gasteiger partial charge < -0.3 is 15.8 Å². The fraction of sp³-hybridized carbons (Fsp3) is 0.385. The minimum Gasteiger partial charge on any atom is -0.469 e. The third-order valence-corrected chi connectivity index (χ3v) is 4.30. The van der Waals surface area contributed by atoms with Gasteiger partial charge in [0.1, 0.15) is 5.75 Å². The molecule has 0 aliphatic carbocycles. The highest BCUT2D eigenvalue weighted by molar-refractivity contribution is 7.92. The number of nitrogens with two attached hydrogens (primary N) is 1. The fourth-order valence-electron chi connectivity index (χ4n) is 1.63. The summed E-state index contributed by atoms with van der Waals surface area (Å²) in [6.45, 7) is 1.59. The van der Waals surface area contributed by atoms with Gasteiger partial charge in [-0.15, -0.1) is 0 Å². The van der Waals surface area contributed by atoms with E-state index < -0.39 is 33.5 Å². The van der Waals surface area contributed by atoms with E-state index in [-0.39, 0.29) is 11.3 Å². The van der Waals surface area contributed by atoms with Gasteiger partial charge in [-0.1, -0.05) is 0 Å². The van der Waals surface area contributed by atoms with Gasteiger partial charge in [-0.05, 0) is 31.2 Å². The molecule has 0 heterocycles. The van der Waals surface area contributed by atoms with E-state index in [1.165, 1.54) is 31.4 Å². The van der Waals surface area contributed by atoms with Gasteiger partial charge >= 0.3 is 5.97 Å². The van der Waals surface area contributed by atoms with Crippen LogP contribution in [0.1, 0.15) is 13.3 Å². The molecular weight excluding hydrogens is 296 g/mol. The van der Waals surface area contributed by atoms with Crippen LogP contribution in [-0.2, 0) is 24.2 Å². The predicted molar refractivity (Wildman–Crippen MR) is 77.1 cm³/mol. The first-order chi connectivity index (χ1) is 9.74. The lowest BCUT2D eigenvalue weighted by Crippen LogP contribution is -2.38. The number of sulfone groups is 1. The molecule has 0 bridgehead atoms. The van der Waals surface area contributed by atoms with E-state index in [9.17, 15) is 18.0 Å². The highest BCUT2D eigenvalue weighted by Crippen LogP contribution is 2.13. The maximum absolute atomic E-state index is 12.0. The Morgan fingerprint density at radius 2 is 1.86 bits per heavy atom. The number of anilines is 1. The van der Waals surface area contributed by atoms with Crippen LogP contribution in [0.5, 0.6) is 0 Å². The summed E-state index contributed by atoms with van der Waals surface area (Å²) in [5.41, 5.74) is 5.91. The van der Waals surface area contributed by atoms with Gasteiger partial charge in [0.05, 0.1) is 18.4 Å².